The third-order valence-corrected chi connectivity index (χ3v) is 3.71. The van der Waals surface area contributed by atoms with Gasteiger partial charge in [-0.1, -0.05) is 13.3 Å². The summed E-state index contributed by atoms with van der Waals surface area (Å²) in [5.74, 6) is 1.98. The van der Waals surface area contributed by atoms with Gasteiger partial charge in [-0.2, -0.15) is 0 Å². The van der Waals surface area contributed by atoms with E-state index in [4.69, 9.17) is 0 Å². The molecule has 1 unspecified atom stereocenters. The Morgan fingerprint density at radius 3 is 2.50 bits per heavy atom. The molecule has 0 aromatic heterocycles. The van der Waals surface area contributed by atoms with E-state index in [-0.39, 0.29) is 0 Å². The number of rotatable bonds is 4. The highest BCUT2D eigenvalue weighted by Crippen LogP contribution is 2.40. The van der Waals surface area contributed by atoms with Gasteiger partial charge in [-0.05, 0) is 37.5 Å². The molecular formula is C12H21NO. The summed E-state index contributed by atoms with van der Waals surface area (Å²) in [6.07, 6.45) is 7.17. The molecule has 2 fully saturated rings. The van der Waals surface area contributed by atoms with Gasteiger partial charge in [-0.25, -0.2) is 0 Å². The molecule has 1 saturated heterocycles. The zero-order valence-corrected chi connectivity index (χ0v) is 9.17. The van der Waals surface area contributed by atoms with Crippen molar-refractivity contribution in [3.63, 3.8) is 0 Å². The molecule has 0 aromatic rings. The van der Waals surface area contributed by atoms with Crippen LogP contribution >= 0.6 is 0 Å². The number of carbonyl (C=O) groups excluding carboxylic acids is 1. The summed E-state index contributed by atoms with van der Waals surface area (Å²) in [4.78, 5) is 13.9. The fraction of sp³-hybridized carbons (Fsp3) is 0.917. The van der Waals surface area contributed by atoms with Crippen LogP contribution in [-0.2, 0) is 4.79 Å². The number of likely N-dealkylation sites (tertiary alicyclic amines) is 1. The fourth-order valence-corrected chi connectivity index (χ4v) is 2.53. The van der Waals surface area contributed by atoms with Gasteiger partial charge in [0, 0.05) is 19.5 Å². The molecule has 1 saturated carbocycles. The Bertz CT molecular complexity index is 204. The number of hydrogen-bond donors (Lipinski definition) is 0. The van der Waals surface area contributed by atoms with Crippen LogP contribution in [0.25, 0.3) is 0 Å². The van der Waals surface area contributed by atoms with E-state index in [9.17, 15) is 4.79 Å². The number of nitrogens with zero attached hydrogens (tertiary/aromatic N) is 1. The molecule has 0 bridgehead atoms. The molecule has 0 radical (unpaired) electrons. The van der Waals surface area contributed by atoms with Crippen LogP contribution in [0, 0.1) is 11.8 Å². The van der Waals surface area contributed by atoms with Crippen LogP contribution < -0.4 is 0 Å². The topological polar surface area (TPSA) is 20.3 Å². The summed E-state index contributed by atoms with van der Waals surface area (Å²) in [5.41, 5.74) is 0. The lowest BCUT2D eigenvalue weighted by Crippen LogP contribution is -2.29. The number of hydrogen-bond acceptors (Lipinski definition) is 1. The summed E-state index contributed by atoms with van der Waals surface area (Å²) in [6.45, 7) is 4.25. The third-order valence-electron chi connectivity index (χ3n) is 3.71. The Kier molecular flexibility index (Phi) is 3.09. The van der Waals surface area contributed by atoms with Crippen LogP contribution in [0.15, 0.2) is 0 Å². The molecular weight excluding hydrogens is 174 g/mol. The molecule has 0 aromatic carbocycles. The molecule has 1 atom stereocenters. The standard InChI is InChI=1S/C12H21NO/c1-2-10(11-5-6-11)9-12(14)13-7-3-4-8-13/h10-11H,2-9H2,1H3. The average Bonchev–Trinajstić information content (AvgIpc) is 2.88. The van der Waals surface area contributed by atoms with Crippen LogP contribution in [0.5, 0.6) is 0 Å². The third kappa shape index (κ3) is 2.28. The van der Waals surface area contributed by atoms with Gasteiger partial charge in [0.2, 0.25) is 5.91 Å². The minimum Gasteiger partial charge on any atom is -0.343 e. The molecule has 2 heteroatoms. The van der Waals surface area contributed by atoms with Crippen LogP contribution in [0.2, 0.25) is 0 Å². The first-order valence-corrected chi connectivity index (χ1v) is 6.09. The largest absolute Gasteiger partial charge is 0.343 e. The fourth-order valence-electron chi connectivity index (χ4n) is 2.53. The SMILES string of the molecule is CCC(CC(=O)N1CCCC1)C1CC1. The van der Waals surface area contributed by atoms with Crippen LogP contribution in [0.1, 0.15) is 45.4 Å². The normalized spacial score (nSPS) is 23.9. The molecule has 1 heterocycles. The summed E-state index contributed by atoms with van der Waals surface area (Å²) in [7, 11) is 0. The van der Waals surface area contributed by atoms with Crippen LogP contribution in [0.3, 0.4) is 0 Å². The first-order chi connectivity index (χ1) is 6.81. The molecule has 2 rings (SSSR count). The van der Waals surface area contributed by atoms with Crippen molar-refractivity contribution < 1.29 is 4.79 Å². The van der Waals surface area contributed by atoms with E-state index in [0.29, 0.717) is 11.8 Å². The first-order valence-electron chi connectivity index (χ1n) is 6.09. The van der Waals surface area contributed by atoms with Crippen molar-refractivity contribution in [3.05, 3.63) is 0 Å². The Labute approximate surface area is 86.7 Å². The van der Waals surface area contributed by atoms with E-state index in [2.05, 4.69) is 11.8 Å². The van der Waals surface area contributed by atoms with Crippen molar-refractivity contribution in [1.29, 1.82) is 0 Å². The summed E-state index contributed by atoms with van der Waals surface area (Å²) in [6, 6.07) is 0. The van der Waals surface area contributed by atoms with Gasteiger partial charge in [0.15, 0.2) is 0 Å². The van der Waals surface area contributed by atoms with Crippen LogP contribution in [0.4, 0.5) is 0 Å². The lowest BCUT2D eigenvalue weighted by atomic mass is 9.96. The highest BCUT2D eigenvalue weighted by molar-refractivity contribution is 5.76. The minimum absolute atomic E-state index is 0.418. The smallest absolute Gasteiger partial charge is 0.222 e. The predicted molar refractivity (Wildman–Crippen MR) is 56.9 cm³/mol. The highest BCUT2D eigenvalue weighted by Gasteiger charge is 2.32. The van der Waals surface area contributed by atoms with E-state index < -0.39 is 0 Å². The summed E-state index contributed by atoms with van der Waals surface area (Å²) in [5, 5.41) is 0. The van der Waals surface area contributed by atoms with Crippen LogP contribution in [-0.4, -0.2) is 23.9 Å². The summed E-state index contributed by atoms with van der Waals surface area (Å²) >= 11 is 0. The predicted octanol–water partition coefficient (Wildman–Crippen LogP) is 2.44. The van der Waals surface area contributed by atoms with Gasteiger partial charge in [-0.3, -0.25) is 4.79 Å². The average molecular weight is 195 g/mol. The minimum atomic E-state index is 0.418. The second-order valence-corrected chi connectivity index (χ2v) is 4.80. The van der Waals surface area contributed by atoms with E-state index in [1.165, 1.54) is 32.1 Å². The van der Waals surface area contributed by atoms with Gasteiger partial charge in [-0.15, -0.1) is 0 Å². The van der Waals surface area contributed by atoms with Crippen molar-refractivity contribution in [2.24, 2.45) is 11.8 Å². The maximum absolute atomic E-state index is 11.9. The highest BCUT2D eigenvalue weighted by atomic mass is 16.2. The second kappa shape index (κ2) is 4.33. The maximum atomic E-state index is 11.9. The monoisotopic (exact) mass is 195 g/mol. The Balaban J connectivity index is 1.79. The molecule has 0 spiro atoms. The Hall–Kier alpha value is -0.530. The van der Waals surface area contributed by atoms with Gasteiger partial charge in [0.05, 0.1) is 0 Å². The van der Waals surface area contributed by atoms with Gasteiger partial charge < -0.3 is 4.90 Å². The van der Waals surface area contributed by atoms with Crippen molar-refractivity contribution in [2.75, 3.05) is 13.1 Å². The molecule has 2 aliphatic rings. The molecule has 14 heavy (non-hydrogen) atoms. The molecule has 1 aliphatic heterocycles. The molecule has 80 valence electrons. The van der Waals surface area contributed by atoms with E-state index in [1.807, 2.05) is 0 Å². The van der Waals surface area contributed by atoms with Gasteiger partial charge in [0.25, 0.3) is 0 Å². The molecule has 2 nitrogen and oxygen atoms in total. The number of carbonyl (C=O) groups is 1. The second-order valence-electron chi connectivity index (χ2n) is 4.80. The zero-order valence-electron chi connectivity index (χ0n) is 9.17. The van der Waals surface area contributed by atoms with Crippen molar-refractivity contribution >= 4 is 5.91 Å². The molecule has 1 amide bonds. The summed E-state index contributed by atoms with van der Waals surface area (Å²) < 4.78 is 0. The van der Waals surface area contributed by atoms with Gasteiger partial charge in [0.1, 0.15) is 0 Å². The van der Waals surface area contributed by atoms with E-state index in [0.717, 1.165) is 25.4 Å². The lowest BCUT2D eigenvalue weighted by molar-refractivity contribution is -0.131. The van der Waals surface area contributed by atoms with Crippen molar-refractivity contribution in [2.45, 2.75) is 45.4 Å². The van der Waals surface area contributed by atoms with E-state index >= 15 is 0 Å². The van der Waals surface area contributed by atoms with Crippen molar-refractivity contribution in [1.82, 2.24) is 4.90 Å². The molecule has 0 N–H and O–H groups in total. The Morgan fingerprint density at radius 1 is 1.36 bits per heavy atom. The maximum Gasteiger partial charge on any atom is 0.222 e. The lowest BCUT2D eigenvalue weighted by Gasteiger charge is -2.19. The van der Waals surface area contributed by atoms with E-state index in [1.54, 1.807) is 0 Å². The van der Waals surface area contributed by atoms with Gasteiger partial charge >= 0.3 is 0 Å². The van der Waals surface area contributed by atoms with Crippen molar-refractivity contribution in [3.8, 4) is 0 Å². The molecule has 1 aliphatic carbocycles. The quantitative estimate of drug-likeness (QED) is 0.674. The zero-order chi connectivity index (χ0) is 9.97. The number of amides is 1. The Morgan fingerprint density at radius 2 is 2.00 bits per heavy atom. The first kappa shape index (κ1) is 10.0.